The number of aromatic hydroxyl groups is 2. The lowest BCUT2D eigenvalue weighted by molar-refractivity contribution is 0.426. The van der Waals surface area contributed by atoms with E-state index in [1.54, 1.807) is 0 Å². The molecule has 0 unspecified atom stereocenters. The van der Waals surface area contributed by atoms with Gasteiger partial charge >= 0.3 is 0 Å². The second-order valence-corrected chi connectivity index (χ2v) is 17.2. The van der Waals surface area contributed by atoms with Gasteiger partial charge in [-0.2, -0.15) is 0 Å². The lowest BCUT2D eigenvalue weighted by atomic mass is 9.69. The van der Waals surface area contributed by atoms with Crippen LogP contribution >= 0.6 is 0 Å². The number of rotatable bonds is 3. The molecule has 1 aliphatic rings. The predicted molar refractivity (Wildman–Crippen MR) is 173 cm³/mol. The van der Waals surface area contributed by atoms with Gasteiger partial charge in [-0.25, -0.2) is 0 Å². The summed E-state index contributed by atoms with van der Waals surface area (Å²) >= 11 is 0. The van der Waals surface area contributed by atoms with Crippen molar-refractivity contribution in [2.24, 2.45) is 5.41 Å². The van der Waals surface area contributed by atoms with Gasteiger partial charge in [-0.1, -0.05) is 139 Å². The Kier molecular flexibility index (Phi) is 8.10. The number of hydrogen-bond donors (Lipinski definition) is 2. The molecule has 0 radical (unpaired) electrons. The maximum atomic E-state index is 12.1. The molecule has 40 heavy (non-hydrogen) atoms. The summed E-state index contributed by atoms with van der Waals surface area (Å²) in [7, 11) is 0. The Morgan fingerprint density at radius 2 is 1.00 bits per heavy atom. The van der Waals surface area contributed by atoms with E-state index < -0.39 is 0 Å². The Hall–Kier alpha value is -2.48. The van der Waals surface area contributed by atoms with Crippen LogP contribution in [0.15, 0.2) is 47.6 Å². The molecule has 0 aromatic heterocycles. The zero-order valence-corrected chi connectivity index (χ0v) is 28.1. The largest absolute Gasteiger partial charge is 0.507 e. The van der Waals surface area contributed by atoms with Gasteiger partial charge in [0, 0.05) is 17.0 Å². The second-order valence-electron chi connectivity index (χ2n) is 17.2. The highest BCUT2D eigenvalue weighted by molar-refractivity contribution is 5.62. The summed E-state index contributed by atoms with van der Waals surface area (Å²) in [5.41, 5.74) is 7.72. The van der Waals surface area contributed by atoms with Crippen LogP contribution in [-0.2, 0) is 21.7 Å². The van der Waals surface area contributed by atoms with Crippen LogP contribution in [0.3, 0.4) is 0 Å². The van der Waals surface area contributed by atoms with Crippen LogP contribution in [0.1, 0.15) is 150 Å². The molecule has 2 aromatic carbocycles. The van der Waals surface area contributed by atoms with Crippen molar-refractivity contribution in [3.63, 3.8) is 0 Å². The first-order valence-electron chi connectivity index (χ1n) is 15.0. The third kappa shape index (κ3) is 6.69. The van der Waals surface area contributed by atoms with Crippen molar-refractivity contribution in [1.29, 1.82) is 0 Å². The first-order valence-corrected chi connectivity index (χ1v) is 15.0. The molecule has 0 saturated heterocycles. The monoisotopic (exact) mass is 544 g/mol. The molecule has 0 saturated carbocycles. The molecule has 1 aliphatic carbocycles. The van der Waals surface area contributed by atoms with Gasteiger partial charge in [0.2, 0.25) is 0 Å². The topological polar surface area (TPSA) is 40.5 Å². The Labute approximate surface area is 245 Å². The Bertz CT molecular complexity index is 1250. The fourth-order valence-electron chi connectivity index (χ4n) is 6.05. The quantitative estimate of drug-likeness (QED) is 0.403. The molecule has 2 heteroatoms. The number of phenolic OH excluding ortho intramolecular Hbond substituents is 2. The maximum Gasteiger partial charge on any atom is 0.123 e. The minimum absolute atomic E-state index is 0.0271. The van der Waals surface area contributed by atoms with E-state index in [9.17, 15) is 10.2 Å². The third-order valence-electron chi connectivity index (χ3n) is 8.29. The molecule has 0 spiro atoms. The van der Waals surface area contributed by atoms with E-state index in [0.29, 0.717) is 11.5 Å². The number of allylic oxidation sites excluding steroid dienone is 4. The fourth-order valence-corrected chi connectivity index (χ4v) is 6.05. The zero-order chi connectivity index (χ0) is 30.8. The van der Waals surface area contributed by atoms with Crippen molar-refractivity contribution < 1.29 is 10.2 Å². The van der Waals surface area contributed by atoms with Crippen LogP contribution in [0.2, 0.25) is 0 Å². The van der Waals surface area contributed by atoms with E-state index >= 15 is 0 Å². The lowest BCUT2D eigenvalue weighted by Gasteiger charge is -2.35. The number of hydrogen-bond acceptors (Lipinski definition) is 2. The third-order valence-corrected chi connectivity index (χ3v) is 8.29. The summed E-state index contributed by atoms with van der Waals surface area (Å²) in [4.78, 5) is 0. The summed E-state index contributed by atoms with van der Waals surface area (Å²) in [6.45, 7) is 33.1. The van der Waals surface area contributed by atoms with Crippen molar-refractivity contribution in [2.45, 2.75) is 138 Å². The molecule has 220 valence electrons. The van der Waals surface area contributed by atoms with Gasteiger partial charge in [-0.3, -0.25) is 0 Å². The Morgan fingerprint density at radius 1 is 0.625 bits per heavy atom. The highest BCUT2D eigenvalue weighted by atomic mass is 16.3. The first kappa shape index (κ1) is 32.0. The highest BCUT2D eigenvalue weighted by Crippen LogP contribution is 2.51. The molecule has 2 nitrogen and oxygen atoms in total. The van der Waals surface area contributed by atoms with Gasteiger partial charge in [0.15, 0.2) is 0 Å². The summed E-state index contributed by atoms with van der Waals surface area (Å²) in [6.07, 6.45) is 5.65. The molecule has 0 heterocycles. The average Bonchev–Trinajstić information content (AvgIpc) is 2.71. The van der Waals surface area contributed by atoms with Crippen molar-refractivity contribution >= 4 is 0 Å². The van der Waals surface area contributed by atoms with Crippen molar-refractivity contribution in [3.05, 3.63) is 80.9 Å². The van der Waals surface area contributed by atoms with Gasteiger partial charge in [0.25, 0.3) is 0 Å². The summed E-state index contributed by atoms with van der Waals surface area (Å²) in [5, 5.41) is 24.2. The molecular weight excluding hydrogens is 488 g/mol. The molecular formula is C38H56O2. The van der Waals surface area contributed by atoms with E-state index in [-0.39, 0.29) is 33.0 Å². The Morgan fingerprint density at radius 3 is 1.30 bits per heavy atom. The number of benzene rings is 2. The molecule has 0 bridgehead atoms. The normalized spacial score (nSPS) is 16.7. The van der Waals surface area contributed by atoms with E-state index in [1.165, 1.54) is 16.7 Å². The van der Waals surface area contributed by atoms with E-state index in [1.807, 2.05) is 0 Å². The van der Waals surface area contributed by atoms with Crippen LogP contribution in [-0.4, -0.2) is 10.2 Å². The van der Waals surface area contributed by atoms with E-state index in [0.717, 1.165) is 34.2 Å². The predicted octanol–water partition coefficient (Wildman–Crippen LogP) is 10.7. The van der Waals surface area contributed by atoms with Gasteiger partial charge < -0.3 is 10.2 Å². The molecule has 2 N–H and O–H groups in total. The van der Waals surface area contributed by atoms with Gasteiger partial charge in [-0.15, -0.1) is 0 Å². The fraction of sp³-hybridized carbons (Fsp3) is 0.579. The SMILES string of the molecule is CC1=CC(C(c2cc(C(C)(C)C)cc(C(C)(C)C)c2O)c2cc(C(C)(C)C)cc(C(C)(C)C)c2O)=CC(C)(C)C1. The van der Waals surface area contributed by atoms with Gasteiger partial charge in [0.05, 0.1) is 0 Å². The molecule has 0 aliphatic heterocycles. The lowest BCUT2D eigenvalue weighted by Crippen LogP contribution is -2.22. The minimum Gasteiger partial charge on any atom is -0.507 e. The second kappa shape index (κ2) is 10.1. The van der Waals surface area contributed by atoms with Gasteiger partial charge in [0.1, 0.15) is 11.5 Å². The maximum absolute atomic E-state index is 12.1. The van der Waals surface area contributed by atoms with Crippen LogP contribution in [0.4, 0.5) is 0 Å². The molecule has 2 aromatic rings. The molecule has 3 rings (SSSR count). The first-order chi connectivity index (χ1) is 17.8. The average molecular weight is 545 g/mol. The minimum atomic E-state index is -0.318. The van der Waals surface area contributed by atoms with Crippen LogP contribution in [0.5, 0.6) is 11.5 Å². The van der Waals surface area contributed by atoms with Crippen LogP contribution in [0.25, 0.3) is 0 Å². The Balaban J connectivity index is 2.59. The van der Waals surface area contributed by atoms with Crippen LogP contribution in [0, 0.1) is 5.41 Å². The molecule has 0 fully saturated rings. The summed E-state index contributed by atoms with van der Waals surface area (Å²) in [6, 6.07) is 8.76. The van der Waals surface area contributed by atoms with Crippen molar-refractivity contribution in [3.8, 4) is 11.5 Å². The van der Waals surface area contributed by atoms with Gasteiger partial charge in [-0.05, 0) is 68.2 Å². The van der Waals surface area contributed by atoms with E-state index in [4.69, 9.17) is 0 Å². The van der Waals surface area contributed by atoms with E-state index in [2.05, 4.69) is 140 Å². The highest BCUT2D eigenvalue weighted by Gasteiger charge is 2.35. The standard InChI is InChI=1S/C38H56O2/c1-23-16-24(22-38(14,15)21-23)31(27-17-25(34(2,3)4)19-29(32(27)39)36(8,9)10)28-18-26(35(5,6)7)20-30(33(28)40)37(11,12)13/h16-20,22,31,39-40H,21H2,1-15H3. The molecule has 0 atom stereocenters. The van der Waals surface area contributed by atoms with Crippen LogP contribution < -0.4 is 0 Å². The zero-order valence-electron chi connectivity index (χ0n) is 28.1. The smallest absolute Gasteiger partial charge is 0.123 e. The molecule has 0 amide bonds. The summed E-state index contributed by atoms with van der Waals surface area (Å²) < 4.78 is 0. The number of phenols is 2. The summed E-state index contributed by atoms with van der Waals surface area (Å²) in [5.74, 6) is 0.346. The van der Waals surface area contributed by atoms with Crippen molar-refractivity contribution in [2.75, 3.05) is 0 Å². The van der Waals surface area contributed by atoms with Crippen molar-refractivity contribution in [1.82, 2.24) is 0 Å².